The molecule has 2 aromatic heterocycles. The number of aliphatic hydroxyl groups is 2. The lowest BCUT2D eigenvalue weighted by Crippen LogP contribution is -2.36. The van der Waals surface area contributed by atoms with E-state index in [1.54, 1.807) is 48.5 Å². The SMILES string of the molecule is COC(=O)c1cccc(CN(CCO)CCOCCOCCN(CCO)C(c2ccc(C(=O)NCCOCCOCCN=C=S)cc2)c2cccc(C(=O)OC)n2)n1. The van der Waals surface area contributed by atoms with Gasteiger partial charge in [0.25, 0.3) is 5.91 Å². The molecule has 0 aliphatic rings. The Labute approximate surface area is 344 Å². The number of thiocarbonyl (C=S) groups is 1. The van der Waals surface area contributed by atoms with Gasteiger partial charge in [0.1, 0.15) is 11.4 Å². The third-order valence-electron chi connectivity index (χ3n) is 8.45. The number of isothiocyanates is 1. The Morgan fingerprint density at radius 2 is 1.34 bits per heavy atom. The molecule has 0 saturated heterocycles. The average molecular weight is 827 g/mol. The topological polar surface area (TPSA) is 204 Å². The summed E-state index contributed by atoms with van der Waals surface area (Å²) in [5.74, 6) is -1.36. The van der Waals surface area contributed by atoms with Gasteiger partial charge in [0, 0.05) is 44.8 Å². The molecule has 0 spiro atoms. The molecule has 58 heavy (non-hydrogen) atoms. The summed E-state index contributed by atoms with van der Waals surface area (Å²) in [4.78, 5) is 53.8. The molecule has 1 unspecified atom stereocenters. The van der Waals surface area contributed by atoms with Crippen LogP contribution < -0.4 is 5.32 Å². The van der Waals surface area contributed by atoms with Crippen molar-refractivity contribution in [2.75, 3.05) is 120 Å². The number of pyridine rings is 2. The number of aliphatic imine (C=N–C) groups is 1. The van der Waals surface area contributed by atoms with Crippen LogP contribution in [0.5, 0.6) is 0 Å². The highest BCUT2D eigenvalue weighted by atomic mass is 32.1. The Bertz CT molecular complexity index is 1710. The number of benzene rings is 1. The van der Waals surface area contributed by atoms with Crippen LogP contribution >= 0.6 is 12.2 Å². The van der Waals surface area contributed by atoms with Crippen LogP contribution in [-0.2, 0) is 35.0 Å². The van der Waals surface area contributed by atoms with E-state index < -0.39 is 18.0 Å². The molecule has 2 heterocycles. The monoisotopic (exact) mass is 826 g/mol. The molecule has 316 valence electrons. The van der Waals surface area contributed by atoms with Crippen molar-refractivity contribution >= 4 is 35.2 Å². The number of ether oxygens (including phenoxy) is 6. The summed E-state index contributed by atoms with van der Waals surface area (Å²) in [6, 6.07) is 16.7. The van der Waals surface area contributed by atoms with Crippen molar-refractivity contribution in [1.82, 2.24) is 25.1 Å². The number of aliphatic hydroxyl groups excluding tert-OH is 2. The standard InChI is InChI=1S/C40H54N6O11S/c1-52-39(50)35-7-3-5-33(43-35)29-45(15-19-47)17-23-56-27-28-57-24-18-46(16-20-48)37(34-6-4-8-36(44-34)40(51)53-2)31-9-11-32(12-10-31)38(49)42-14-22-55-26-25-54-21-13-41-30-58/h3-12,37,47-48H,13-29H2,1-2H3,(H,42,49). The zero-order chi connectivity index (χ0) is 41.8. The van der Waals surface area contributed by atoms with Gasteiger partial charge in [-0.15, -0.1) is 0 Å². The summed E-state index contributed by atoms with van der Waals surface area (Å²) < 4.78 is 32.3. The largest absolute Gasteiger partial charge is 0.464 e. The van der Waals surface area contributed by atoms with Crippen LogP contribution in [-0.4, -0.2) is 173 Å². The van der Waals surface area contributed by atoms with Gasteiger partial charge in [-0.25, -0.2) is 24.5 Å². The molecule has 18 heteroatoms. The van der Waals surface area contributed by atoms with Gasteiger partial charge in [0.15, 0.2) is 0 Å². The number of amides is 1. The second-order valence-electron chi connectivity index (χ2n) is 12.4. The molecule has 0 aliphatic carbocycles. The lowest BCUT2D eigenvalue weighted by atomic mass is 9.99. The lowest BCUT2D eigenvalue weighted by molar-refractivity contribution is 0.0245. The van der Waals surface area contributed by atoms with Crippen molar-refractivity contribution in [3.05, 3.63) is 94.6 Å². The van der Waals surface area contributed by atoms with E-state index in [2.05, 4.69) is 37.7 Å². The number of methoxy groups -OCH3 is 2. The van der Waals surface area contributed by atoms with Crippen LogP contribution in [0.2, 0.25) is 0 Å². The van der Waals surface area contributed by atoms with Crippen molar-refractivity contribution in [2.24, 2.45) is 4.99 Å². The fraction of sp³-hybridized carbons (Fsp3) is 0.500. The van der Waals surface area contributed by atoms with Gasteiger partial charge < -0.3 is 44.0 Å². The zero-order valence-electron chi connectivity index (χ0n) is 33.1. The Kier molecular flexibility index (Phi) is 23.7. The van der Waals surface area contributed by atoms with Crippen molar-refractivity contribution < 1.29 is 53.0 Å². The molecule has 0 radical (unpaired) electrons. The van der Waals surface area contributed by atoms with Crippen LogP contribution in [0.3, 0.4) is 0 Å². The maximum Gasteiger partial charge on any atom is 0.356 e. The molecule has 3 N–H and O–H groups in total. The van der Waals surface area contributed by atoms with Crippen molar-refractivity contribution in [1.29, 1.82) is 0 Å². The summed E-state index contributed by atoms with van der Waals surface area (Å²) in [5.41, 5.74) is 2.79. The first-order chi connectivity index (χ1) is 28.3. The van der Waals surface area contributed by atoms with E-state index >= 15 is 0 Å². The highest BCUT2D eigenvalue weighted by Gasteiger charge is 2.25. The fourth-order valence-electron chi connectivity index (χ4n) is 5.65. The first-order valence-electron chi connectivity index (χ1n) is 18.9. The normalized spacial score (nSPS) is 11.6. The molecule has 1 aromatic carbocycles. The number of carbonyl (C=O) groups excluding carboxylic acids is 3. The number of nitrogens with zero attached hydrogens (tertiary/aromatic N) is 5. The Morgan fingerprint density at radius 3 is 1.98 bits per heavy atom. The molecule has 0 bridgehead atoms. The zero-order valence-corrected chi connectivity index (χ0v) is 33.9. The van der Waals surface area contributed by atoms with Crippen LogP contribution in [0.1, 0.15) is 54.3 Å². The number of rotatable bonds is 30. The predicted molar refractivity (Wildman–Crippen MR) is 216 cm³/mol. The third kappa shape index (κ3) is 17.5. The summed E-state index contributed by atoms with van der Waals surface area (Å²) in [6.45, 7) is 5.40. The highest BCUT2D eigenvalue weighted by molar-refractivity contribution is 7.78. The van der Waals surface area contributed by atoms with Gasteiger partial charge in [-0.05, 0) is 54.2 Å². The van der Waals surface area contributed by atoms with Gasteiger partial charge in [-0.1, -0.05) is 24.3 Å². The molecule has 17 nitrogen and oxygen atoms in total. The summed E-state index contributed by atoms with van der Waals surface area (Å²) in [6.07, 6.45) is 0. The summed E-state index contributed by atoms with van der Waals surface area (Å²) >= 11 is 4.51. The second-order valence-corrected chi connectivity index (χ2v) is 12.6. The Hall–Kier alpha value is -4.59. The number of carbonyl (C=O) groups is 3. The fourth-order valence-corrected chi connectivity index (χ4v) is 5.74. The Morgan fingerprint density at radius 1 is 0.741 bits per heavy atom. The van der Waals surface area contributed by atoms with E-state index in [1.807, 2.05) is 21.9 Å². The number of esters is 2. The average Bonchev–Trinajstić information content (AvgIpc) is 3.25. The quantitative estimate of drug-likeness (QED) is 0.0380. The van der Waals surface area contributed by atoms with E-state index in [4.69, 9.17) is 28.4 Å². The maximum atomic E-state index is 12.9. The predicted octanol–water partition coefficient (Wildman–Crippen LogP) is 1.83. The minimum atomic E-state index is -0.582. The Balaban J connectivity index is 1.55. The molecular formula is C40H54N6O11S. The molecule has 1 amide bonds. The van der Waals surface area contributed by atoms with E-state index in [0.717, 1.165) is 5.56 Å². The van der Waals surface area contributed by atoms with Crippen molar-refractivity contribution in [2.45, 2.75) is 12.6 Å². The number of hydrogen-bond donors (Lipinski definition) is 3. The van der Waals surface area contributed by atoms with Crippen LogP contribution in [0.25, 0.3) is 0 Å². The first kappa shape index (κ1) is 47.8. The molecular weight excluding hydrogens is 773 g/mol. The van der Waals surface area contributed by atoms with Crippen molar-refractivity contribution in [3.8, 4) is 0 Å². The number of hydrogen-bond acceptors (Lipinski definition) is 17. The molecule has 0 aliphatic heterocycles. The summed E-state index contributed by atoms with van der Waals surface area (Å²) in [5, 5.41) is 24.8. The highest BCUT2D eigenvalue weighted by Crippen LogP contribution is 2.28. The van der Waals surface area contributed by atoms with E-state index in [1.165, 1.54) is 14.2 Å². The maximum absolute atomic E-state index is 12.9. The van der Waals surface area contributed by atoms with Gasteiger partial charge in [-0.2, -0.15) is 0 Å². The smallest absolute Gasteiger partial charge is 0.356 e. The minimum absolute atomic E-state index is 0.0474. The number of nitrogens with one attached hydrogen (secondary N) is 1. The van der Waals surface area contributed by atoms with Gasteiger partial charge in [0.2, 0.25) is 0 Å². The van der Waals surface area contributed by atoms with Crippen molar-refractivity contribution in [3.63, 3.8) is 0 Å². The van der Waals surface area contributed by atoms with Gasteiger partial charge in [0.05, 0.1) is 109 Å². The molecule has 3 aromatic rings. The number of aromatic nitrogens is 2. The second kappa shape index (κ2) is 28.8. The van der Waals surface area contributed by atoms with Gasteiger partial charge in [-0.3, -0.25) is 14.6 Å². The molecule has 0 saturated carbocycles. The van der Waals surface area contributed by atoms with E-state index in [9.17, 15) is 24.6 Å². The first-order valence-corrected chi connectivity index (χ1v) is 19.3. The minimum Gasteiger partial charge on any atom is -0.464 e. The van der Waals surface area contributed by atoms with Crippen LogP contribution in [0.15, 0.2) is 65.7 Å². The van der Waals surface area contributed by atoms with Crippen LogP contribution in [0.4, 0.5) is 0 Å². The summed E-state index contributed by atoms with van der Waals surface area (Å²) in [7, 11) is 2.59. The van der Waals surface area contributed by atoms with Gasteiger partial charge >= 0.3 is 11.9 Å². The lowest BCUT2D eigenvalue weighted by Gasteiger charge is -2.31. The molecule has 1 atom stereocenters. The van der Waals surface area contributed by atoms with Crippen LogP contribution in [0, 0.1) is 0 Å². The molecule has 0 fully saturated rings. The third-order valence-corrected chi connectivity index (χ3v) is 8.58. The molecule has 3 rings (SSSR count). The van der Waals surface area contributed by atoms with E-state index in [0.29, 0.717) is 109 Å². The van der Waals surface area contributed by atoms with E-state index in [-0.39, 0.29) is 37.1 Å².